The summed E-state index contributed by atoms with van der Waals surface area (Å²) >= 11 is 0. The minimum Gasteiger partial charge on any atom is -0.497 e. The molecule has 0 saturated carbocycles. The van der Waals surface area contributed by atoms with Crippen molar-refractivity contribution in [2.45, 2.75) is 25.0 Å². The minimum absolute atomic E-state index is 0.0477. The van der Waals surface area contributed by atoms with E-state index < -0.39 is 6.10 Å². The molecule has 0 bridgehead atoms. The standard InChI is InChI=1S/C28H31NO6/c1-32-18-35-24-12-4-19(5-13-24)26(30)17-16-25-27(20-6-10-22(33-2)11-7-20)29(28(25)31)21-8-14-23(34-3)15-9-21/h4-15,25-27,30H,16-18H2,1-3H3/t25-,26-,27-/m1/s1. The van der Waals surface area contributed by atoms with Gasteiger partial charge in [-0.2, -0.15) is 0 Å². The number of β-lactam (4-membered cyclic amide) rings is 1. The van der Waals surface area contributed by atoms with E-state index in [0.717, 1.165) is 28.3 Å². The Bertz CT molecular complexity index is 1100. The number of nitrogens with zero attached hydrogens (tertiary/aromatic N) is 1. The number of rotatable bonds is 11. The van der Waals surface area contributed by atoms with Crippen LogP contribution in [0.2, 0.25) is 0 Å². The van der Waals surface area contributed by atoms with Gasteiger partial charge in [-0.25, -0.2) is 0 Å². The third-order valence-corrected chi connectivity index (χ3v) is 6.38. The van der Waals surface area contributed by atoms with Gasteiger partial charge in [-0.15, -0.1) is 0 Å². The molecule has 3 aromatic rings. The van der Waals surface area contributed by atoms with E-state index in [1.165, 1.54) is 0 Å². The Morgan fingerprint density at radius 3 is 1.97 bits per heavy atom. The molecule has 0 aromatic heterocycles. The lowest BCUT2D eigenvalue weighted by Gasteiger charge is -2.48. The number of ether oxygens (including phenoxy) is 4. The van der Waals surface area contributed by atoms with Gasteiger partial charge in [0.1, 0.15) is 17.2 Å². The van der Waals surface area contributed by atoms with Crippen LogP contribution in [0, 0.1) is 5.92 Å². The van der Waals surface area contributed by atoms with E-state index in [2.05, 4.69) is 0 Å². The maximum absolute atomic E-state index is 13.3. The molecule has 0 radical (unpaired) electrons. The first-order valence-corrected chi connectivity index (χ1v) is 11.6. The zero-order chi connectivity index (χ0) is 24.8. The average molecular weight is 478 g/mol. The Labute approximate surface area is 205 Å². The summed E-state index contributed by atoms with van der Waals surface area (Å²) in [7, 11) is 4.81. The molecule has 35 heavy (non-hydrogen) atoms. The van der Waals surface area contributed by atoms with Gasteiger partial charge in [0, 0.05) is 12.8 Å². The largest absolute Gasteiger partial charge is 0.497 e. The molecule has 4 rings (SSSR count). The molecule has 1 saturated heterocycles. The van der Waals surface area contributed by atoms with Crippen molar-refractivity contribution in [3.63, 3.8) is 0 Å². The maximum atomic E-state index is 13.3. The van der Waals surface area contributed by atoms with Crippen molar-refractivity contribution in [2.24, 2.45) is 5.92 Å². The highest BCUT2D eigenvalue weighted by atomic mass is 16.7. The fourth-order valence-electron chi connectivity index (χ4n) is 4.46. The molecule has 1 amide bonds. The summed E-state index contributed by atoms with van der Waals surface area (Å²) in [4.78, 5) is 15.1. The molecule has 184 valence electrons. The summed E-state index contributed by atoms with van der Waals surface area (Å²) in [5.41, 5.74) is 2.63. The normalized spacial score (nSPS) is 18.1. The third-order valence-electron chi connectivity index (χ3n) is 6.38. The first kappa shape index (κ1) is 24.6. The molecule has 1 heterocycles. The number of aliphatic hydroxyl groups excluding tert-OH is 1. The first-order chi connectivity index (χ1) is 17.0. The first-order valence-electron chi connectivity index (χ1n) is 11.6. The van der Waals surface area contributed by atoms with E-state index >= 15 is 0 Å². The SMILES string of the molecule is COCOc1ccc([C@H](O)CC[C@H]2C(=O)N(c3ccc(OC)cc3)[C@@H]2c2ccc(OC)cc2)cc1. The van der Waals surface area contributed by atoms with E-state index in [1.807, 2.05) is 65.6 Å². The molecule has 1 aliphatic heterocycles. The van der Waals surface area contributed by atoms with E-state index in [0.29, 0.717) is 18.6 Å². The summed E-state index contributed by atoms with van der Waals surface area (Å²) in [5.74, 6) is 1.99. The summed E-state index contributed by atoms with van der Waals surface area (Å²) < 4.78 is 20.9. The van der Waals surface area contributed by atoms with E-state index in [-0.39, 0.29) is 24.7 Å². The van der Waals surface area contributed by atoms with Crippen LogP contribution in [0.3, 0.4) is 0 Å². The Kier molecular flexibility index (Phi) is 7.90. The van der Waals surface area contributed by atoms with Gasteiger partial charge in [0.2, 0.25) is 5.91 Å². The summed E-state index contributed by atoms with van der Waals surface area (Å²) in [6.07, 6.45) is 0.356. The molecule has 0 unspecified atom stereocenters. The molecule has 3 aromatic carbocycles. The van der Waals surface area contributed by atoms with Gasteiger partial charge >= 0.3 is 0 Å². The lowest BCUT2D eigenvalue weighted by Crippen LogP contribution is -2.55. The smallest absolute Gasteiger partial charge is 0.233 e. The topological polar surface area (TPSA) is 77.5 Å². The Morgan fingerprint density at radius 2 is 1.40 bits per heavy atom. The molecular weight excluding hydrogens is 446 g/mol. The van der Waals surface area contributed by atoms with Crippen LogP contribution in [0.5, 0.6) is 17.2 Å². The van der Waals surface area contributed by atoms with Crippen LogP contribution < -0.4 is 19.1 Å². The molecule has 3 atom stereocenters. The van der Waals surface area contributed by atoms with Crippen LogP contribution in [-0.4, -0.2) is 39.1 Å². The van der Waals surface area contributed by atoms with Crippen molar-refractivity contribution in [1.82, 2.24) is 0 Å². The van der Waals surface area contributed by atoms with Crippen LogP contribution in [-0.2, 0) is 9.53 Å². The number of methoxy groups -OCH3 is 3. The van der Waals surface area contributed by atoms with Crippen molar-refractivity contribution >= 4 is 11.6 Å². The van der Waals surface area contributed by atoms with Crippen molar-refractivity contribution in [3.05, 3.63) is 83.9 Å². The zero-order valence-corrected chi connectivity index (χ0v) is 20.2. The van der Waals surface area contributed by atoms with Crippen molar-refractivity contribution in [3.8, 4) is 17.2 Å². The molecular formula is C28H31NO6. The maximum Gasteiger partial charge on any atom is 0.233 e. The Balaban J connectivity index is 1.49. The lowest BCUT2D eigenvalue weighted by molar-refractivity contribution is -0.131. The third kappa shape index (κ3) is 5.42. The number of carbonyl (C=O) groups excluding carboxylic acids is 1. The second-order valence-electron chi connectivity index (χ2n) is 8.44. The van der Waals surface area contributed by atoms with Crippen LogP contribution in [0.25, 0.3) is 0 Å². The Hall–Kier alpha value is -3.55. The van der Waals surface area contributed by atoms with Gasteiger partial charge in [-0.1, -0.05) is 24.3 Å². The highest BCUT2D eigenvalue weighted by molar-refractivity contribution is 6.03. The van der Waals surface area contributed by atoms with Gasteiger partial charge in [-0.05, 0) is 72.5 Å². The summed E-state index contributed by atoms with van der Waals surface area (Å²) in [6, 6.07) is 22.4. The number of amides is 1. The second-order valence-corrected chi connectivity index (χ2v) is 8.44. The molecule has 0 aliphatic carbocycles. The van der Waals surface area contributed by atoms with Gasteiger partial charge < -0.3 is 29.0 Å². The highest BCUT2D eigenvalue weighted by Gasteiger charge is 2.48. The van der Waals surface area contributed by atoms with Gasteiger partial charge in [-0.3, -0.25) is 4.79 Å². The molecule has 0 spiro atoms. The van der Waals surface area contributed by atoms with Crippen molar-refractivity contribution < 1.29 is 28.8 Å². The van der Waals surface area contributed by atoms with E-state index in [9.17, 15) is 9.90 Å². The van der Waals surface area contributed by atoms with Crippen molar-refractivity contribution in [1.29, 1.82) is 0 Å². The average Bonchev–Trinajstić information content (AvgIpc) is 2.91. The Morgan fingerprint density at radius 1 is 0.829 bits per heavy atom. The van der Waals surface area contributed by atoms with Gasteiger partial charge in [0.15, 0.2) is 6.79 Å². The lowest BCUT2D eigenvalue weighted by atomic mass is 9.78. The van der Waals surface area contributed by atoms with Crippen molar-refractivity contribution in [2.75, 3.05) is 33.0 Å². The minimum atomic E-state index is -0.675. The monoisotopic (exact) mass is 477 g/mol. The molecule has 1 aliphatic rings. The summed E-state index contributed by atoms with van der Waals surface area (Å²) in [6.45, 7) is 0.170. The molecule has 1 fully saturated rings. The second kappa shape index (κ2) is 11.3. The fraction of sp³-hybridized carbons (Fsp3) is 0.321. The van der Waals surface area contributed by atoms with E-state index in [1.54, 1.807) is 33.5 Å². The number of aliphatic hydroxyl groups is 1. The van der Waals surface area contributed by atoms with Gasteiger partial charge in [0.25, 0.3) is 0 Å². The predicted octanol–water partition coefficient (Wildman–Crippen LogP) is 4.90. The molecule has 7 nitrogen and oxygen atoms in total. The molecule has 7 heteroatoms. The van der Waals surface area contributed by atoms with Crippen LogP contribution >= 0.6 is 0 Å². The number of carbonyl (C=O) groups is 1. The highest BCUT2D eigenvalue weighted by Crippen LogP contribution is 2.46. The quantitative estimate of drug-likeness (QED) is 0.313. The number of hydrogen-bond donors (Lipinski definition) is 1. The predicted molar refractivity (Wildman–Crippen MR) is 133 cm³/mol. The van der Waals surface area contributed by atoms with E-state index in [4.69, 9.17) is 18.9 Å². The number of anilines is 1. The van der Waals surface area contributed by atoms with Gasteiger partial charge in [0.05, 0.1) is 32.3 Å². The van der Waals surface area contributed by atoms with Crippen LogP contribution in [0.4, 0.5) is 5.69 Å². The fourth-order valence-corrected chi connectivity index (χ4v) is 4.46. The molecule has 1 N–H and O–H groups in total. The zero-order valence-electron chi connectivity index (χ0n) is 20.2. The number of hydrogen-bond acceptors (Lipinski definition) is 6. The van der Waals surface area contributed by atoms with Crippen LogP contribution in [0.15, 0.2) is 72.8 Å². The number of benzene rings is 3. The van der Waals surface area contributed by atoms with Crippen LogP contribution in [0.1, 0.15) is 36.1 Å². The summed E-state index contributed by atoms with van der Waals surface area (Å²) in [5, 5.41) is 10.8.